The predicted octanol–water partition coefficient (Wildman–Crippen LogP) is 5.54. The number of thiophene rings is 1. The summed E-state index contributed by atoms with van der Waals surface area (Å²) in [4.78, 5) is 0. The molecule has 1 aromatic heterocycles. The van der Waals surface area contributed by atoms with Gasteiger partial charge in [-0.1, -0.05) is 18.5 Å². The fraction of sp³-hybridized carbons (Fsp3) is 0.333. The Balaban J connectivity index is 2.43. The van der Waals surface area contributed by atoms with E-state index in [4.69, 9.17) is 11.6 Å². The Labute approximate surface area is 141 Å². The van der Waals surface area contributed by atoms with E-state index in [0.29, 0.717) is 10.6 Å². The summed E-state index contributed by atoms with van der Waals surface area (Å²) >= 11 is 10.3. The lowest BCUT2D eigenvalue weighted by molar-refractivity contribution is 0.591. The third-order valence-corrected chi connectivity index (χ3v) is 5.24. The third kappa shape index (κ3) is 3.72. The molecule has 1 N–H and O–H groups in total. The Morgan fingerprint density at radius 3 is 2.75 bits per heavy atom. The second-order valence-corrected chi connectivity index (χ2v) is 7.91. The zero-order valence-corrected chi connectivity index (χ0v) is 15.1. The van der Waals surface area contributed by atoms with Gasteiger partial charge in [0.15, 0.2) is 0 Å². The molecule has 108 valence electrons. The summed E-state index contributed by atoms with van der Waals surface area (Å²) in [5.74, 6) is -0.257. The van der Waals surface area contributed by atoms with Gasteiger partial charge in [0.1, 0.15) is 5.82 Å². The van der Waals surface area contributed by atoms with E-state index >= 15 is 0 Å². The molecule has 1 unspecified atom stereocenters. The van der Waals surface area contributed by atoms with Crippen LogP contribution in [0.3, 0.4) is 0 Å². The monoisotopic (exact) mass is 423 g/mol. The molecule has 0 saturated carbocycles. The summed E-state index contributed by atoms with van der Waals surface area (Å²) in [5, 5.41) is 6.10. The highest BCUT2D eigenvalue weighted by Gasteiger charge is 2.19. The molecule has 0 radical (unpaired) electrons. The number of aryl methyl sites for hydroxylation is 1. The van der Waals surface area contributed by atoms with Crippen molar-refractivity contribution in [2.75, 3.05) is 6.54 Å². The van der Waals surface area contributed by atoms with Gasteiger partial charge >= 0.3 is 0 Å². The molecule has 0 aliphatic rings. The first-order valence-corrected chi connectivity index (χ1v) is 8.79. The Hall–Kier alpha value is -0.170. The standard InChI is InChI=1S/C15H16ClFINS/c1-3-4-19-15(10-6-14(18)20-8-10)11-5-9(2)13(17)7-12(11)16/h5-8,15,19H,3-4H2,1-2H3. The van der Waals surface area contributed by atoms with Gasteiger partial charge in [-0.3, -0.25) is 0 Å². The number of halogens is 3. The highest BCUT2D eigenvalue weighted by atomic mass is 127. The SMILES string of the molecule is CCCNC(c1csc(I)c1)c1cc(C)c(F)cc1Cl. The van der Waals surface area contributed by atoms with E-state index in [1.54, 1.807) is 18.3 Å². The Morgan fingerprint density at radius 2 is 2.15 bits per heavy atom. The molecule has 2 aromatic rings. The summed E-state index contributed by atoms with van der Waals surface area (Å²) < 4.78 is 14.8. The van der Waals surface area contributed by atoms with Gasteiger partial charge in [-0.2, -0.15) is 0 Å². The quantitative estimate of drug-likeness (QED) is 0.622. The van der Waals surface area contributed by atoms with Crippen molar-refractivity contribution in [1.82, 2.24) is 5.32 Å². The molecule has 1 heterocycles. The molecule has 1 aromatic carbocycles. The fourth-order valence-electron chi connectivity index (χ4n) is 2.07. The molecule has 0 amide bonds. The van der Waals surface area contributed by atoms with E-state index in [1.165, 1.54) is 14.5 Å². The van der Waals surface area contributed by atoms with Crippen LogP contribution in [0.1, 0.15) is 36.1 Å². The topological polar surface area (TPSA) is 12.0 Å². The van der Waals surface area contributed by atoms with Crippen molar-refractivity contribution >= 4 is 45.5 Å². The largest absolute Gasteiger partial charge is 0.306 e. The van der Waals surface area contributed by atoms with E-state index < -0.39 is 0 Å². The van der Waals surface area contributed by atoms with E-state index in [0.717, 1.165) is 18.5 Å². The van der Waals surface area contributed by atoms with E-state index in [9.17, 15) is 4.39 Å². The molecule has 20 heavy (non-hydrogen) atoms. The maximum atomic E-state index is 13.6. The minimum Gasteiger partial charge on any atom is -0.306 e. The predicted molar refractivity (Wildman–Crippen MR) is 93.3 cm³/mol. The molecule has 1 nitrogen and oxygen atoms in total. The number of hydrogen-bond acceptors (Lipinski definition) is 2. The van der Waals surface area contributed by atoms with Gasteiger partial charge in [0.2, 0.25) is 0 Å². The second-order valence-electron chi connectivity index (χ2n) is 4.69. The zero-order chi connectivity index (χ0) is 14.7. The molecule has 5 heteroatoms. The molecule has 0 aliphatic heterocycles. The first kappa shape index (κ1) is 16.2. The number of hydrogen-bond donors (Lipinski definition) is 1. The van der Waals surface area contributed by atoms with Crippen molar-refractivity contribution in [1.29, 1.82) is 0 Å². The minimum atomic E-state index is -0.257. The van der Waals surface area contributed by atoms with Crippen LogP contribution < -0.4 is 5.32 Å². The van der Waals surface area contributed by atoms with Crippen LogP contribution in [0, 0.1) is 15.6 Å². The molecular weight excluding hydrogens is 408 g/mol. The highest BCUT2D eigenvalue weighted by Crippen LogP contribution is 2.33. The first-order valence-electron chi connectivity index (χ1n) is 6.45. The van der Waals surface area contributed by atoms with Crippen molar-refractivity contribution in [3.63, 3.8) is 0 Å². The van der Waals surface area contributed by atoms with Crippen LogP contribution in [0.4, 0.5) is 4.39 Å². The molecular formula is C15H16ClFINS. The smallest absolute Gasteiger partial charge is 0.127 e. The normalized spacial score (nSPS) is 12.7. The Morgan fingerprint density at radius 1 is 1.40 bits per heavy atom. The van der Waals surface area contributed by atoms with Gasteiger partial charge in [-0.15, -0.1) is 11.3 Å². The summed E-state index contributed by atoms with van der Waals surface area (Å²) in [5.41, 5.74) is 2.74. The molecule has 0 aliphatic carbocycles. The van der Waals surface area contributed by atoms with Crippen molar-refractivity contribution in [3.8, 4) is 0 Å². The molecule has 0 bridgehead atoms. The van der Waals surface area contributed by atoms with Crippen LogP contribution in [0.5, 0.6) is 0 Å². The Bertz CT molecular complexity index is 600. The molecule has 1 atom stereocenters. The van der Waals surface area contributed by atoms with Crippen LogP contribution in [-0.4, -0.2) is 6.54 Å². The van der Waals surface area contributed by atoms with Gasteiger partial charge in [0.05, 0.1) is 8.93 Å². The average molecular weight is 424 g/mol. The van der Waals surface area contributed by atoms with Crippen molar-refractivity contribution < 1.29 is 4.39 Å². The lowest BCUT2D eigenvalue weighted by Gasteiger charge is -2.20. The molecule has 2 rings (SSSR count). The number of rotatable bonds is 5. The van der Waals surface area contributed by atoms with E-state index in [2.05, 4.69) is 46.3 Å². The maximum absolute atomic E-state index is 13.6. The number of nitrogens with one attached hydrogen (secondary N) is 1. The van der Waals surface area contributed by atoms with Crippen LogP contribution in [0.2, 0.25) is 5.02 Å². The van der Waals surface area contributed by atoms with Gasteiger partial charge in [-0.05, 0) is 82.7 Å². The van der Waals surface area contributed by atoms with E-state index in [1.807, 2.05) is 6.07 Å². The number of benzene rings is 1. The van der Waals surface area contributed by atoms with Gasteiger partial charge in [0.25, 0.3) is 0 Å². The van der Waals surface area contributed by atoms with Crippen LogP contribution >= 0.6 is 45.5 Å². The fourth-order valence-corrected chi connectivity index (χ4v) is 3.73. The maximum Gasteiger partial charge on any atom is 0.127 e. The van der Waals surface area contributed by atoms with E-state index in [-0.39, 0.29) is 11.9 Å². The van der Waals surface area contributed by atoms with Crippen molar-refractivity contribution in [3.05, 3.63) is 54.0 Å². The first-order chi connectivity index (χ1) is 9.52. The van der Waals surface area contributed by atoms with Crippen molar-refractivity contribution in [2.24, 2.45) is 0 Å². The minimum absolute atomic E-state index is 0.0153. The molecule has 0 fully saturated rings. The van der Waals surface area contributed by atoms with Crippen LogP contribution in [-0.2, 0) is 0 Å². The third-order valence-electron chi connectivity index (χ3n) is 3.11. The van der Waals surface area contributed by atoms with Crippen molar-refractivity contribution in [2.45, 2.75) is 26.3 Å². The summed E-state index contributed by atoms with van der Waals surface area (Å²) in [7, 11) is 0. The van der Waals surface area contributed by atoms with Crippen LogP contribution in [0.25, 0.3) is 0 Å². The van der Waals surface area contributed by atoms with Gasteiger partial charge in [-0.25, -0.2) is 4.39 Å². The highest BCUT2D eigenvalue weighted by molar-refractivity contribution is 14.1. The zero-order valence-electron chi connectivity index (χ0n) is 11.3. The Kier molecular flexibility index (Phi) is 5.84. The molecule has 0 saturated heterocycles. The van der Waals surface area contributed by atoms with Gasteiger partial charge < -0.3 is 5.32 Å². The summed E-state index contributed by atoms with van der Waals surface area (Å²) in [6, 6.07) is 5.41. The summed E-state index contributed by atoms with van der Waals surface area (Å²) in [6.07, 6.45) is 1.04. The molecule has 0 spiro atoms. The lowest BCUT2D eigenvalue weighted by Crippen LogP contribution is -2.23. The lowest BCUT2D eigenvalue weighted by atomic mass is 9.99. The average Bonchev–Trinajstić information content (AvgIpc) is 2.82. The summed E-state index contributed by atoms with van der Waals surface area (Å²) in [6.45, 7) is 4.78. The van der Waals surface area contributed by atoms with Crippen LogP contribution in [0.15, 0.2) is 23.6 Å². The second kappa shape index (κ2) is 7.20. The van der Waals surface area contributed by atoms with Gasteiger partial charge in [0, 0.05) is 5.02 Å².